The number of carbonyl (C=O) groups excluding carboxylic acids is 1. The molecule has 2 aliphatic rings. The molecule has 2 aliphatic heterocycles. The summed E-state index contributed by atoms with van der Waals surface area (Å²) in [6.07, 6.45) is 6.73. The van der Waals surface area contributed by atoms with Crippen molar-refractivity contribution in [3.8, 4) is 0 Å². The molecule has 0 radical (unpaired) electrons. The Bertz CT molecular complexity index is 2370. The molecule has 6 aromatic rings. The van der Waals surface area contributed by atoms with Crippen LogP contribution in [0.4, 0.5) is 15.8 Å². The average Bonchev–Trinajstić information content (AvgIpc) is 3.76. The molecule has 8 rings (SSSR count). The number of nitrogens with zero attached hydrogens (tertiary/aromatic N) is 4. The zero-order chi connectivity index (χ0) is 33.8. The number of aromatic nitrogens is 2. The number of amides is 1. The first kappa shape index (κ1) is 31.1. The van der Waals surface area contributed by atoms with Crippen LogP contribution in [0, 0.1) is 15.9 Å². The van der Waals surface area contributed by atoms with E-state index in [1.165, 1.54) is 24.4 Å². The minimum atomic E-state index is -0.657. The van der Waals surface area contributed by atoms with Gasteiger partial charge >= 0.3 is 0 Å². The van der Waals surface area contributed by atoms with E-state index in [0.717, 1.165) is 51.7 Å². The monoisotopic (exact) mass is 669 g/mol. The van der Waals surface area contributed by atoms with Gasteiger partial charge in [-0.05, 0) is 70.9 Å². The van der Waals surface area contributed by atoms with E-state index in [-0.39, 0.29) is 33.5 Å². The van der Waals surface area contributed by atoms with Crippen molar-refractivity contribution in [1.29, 1.82) is 0 Å². The maximum Gasteiger partial charge on any atom is 0.273 e. The molecule has 1 atom stereocenters. The summed E-state index contributed by atoms with van der Waals surface area (Å²) in [6.45, 7) is 4.52. The number of non-ortho nitro benzene ring substituents is 1. The summed E-state index contributed by atoms with van der Waals surface area (Å²) in [4.78, 5) is 46.1. The van der Waals surface area contributed by atoms with E-state index in [9.17, 15) is 19.7 Å². The van der Waals surface area contributed by atoms with Gasteiger partial charge < -0.3 is 38.7 Å². The smallest absolute Gasteiger partial charge is 0.273 e. The van der Waals surface area contributed by atoms with Crippen LogP contribution in [0.5, 0.6) is 0 Å². The molecule has 13 nitrogen and oxygen atoms in total. The first-order valence-electron chi connectivity index (χ1n) is 16.7. The topological polar surface area (TPSA) is 154 Å². The van der Waals surface area contributed by atoms with Gasteiger partial charge in [0.25, 0.3) is 11.6 Å². The number of anilines is 1. The molecule has 254 valence electrons. The lowest BCUT2D eigenvalue weighted by Crippen LogP contribution is -2.35. The number of benzene rings is 3. The fraction of sp³-hybridized carbons (Fsp3) is 0.371. The normalized spacial score (nSPS) is 17.3. The van der Waals surface area contributed by atoms with Crippen molar-refractivity contribution in [3.05, 3.63) is 74.3 Å². The van der Waals surface area contributed by atoms with Crippen LogP contribution in [0.25, 0.3) is 49.8 Å². The van der Waals surface area contributed by atoms with E-state index in [4.69, 9.17) is 8.83 Å². The number of carbonyl (C=O) groups is 1. The summed E-state index contributed by atoms with van der Waals surface area (Å²) in [7, 11) is 2.09. The number of hydrogen-bond acceptors (Lipinski definition) is 9. The van der Waals surface area contributed by atoms with E-state index in [2.05, 4.69) is 32.5 Å². The van der Waals surface area contributed by atoms with Gasteiger partial charge in [-0.3, -0.25) is 19.7 Å². The summed E-state index contributed by atoms with van der Waals surface area (Å²) in [5, 5.41) is 17.5. The maximum absolute atomic E-state index is 16.0. The highest BCUT2D eigenvalue weighted by atomic mass is 19.1. The zero-order valence-electron chi connectivity index (χ0n) is 27.0. The van der Waals surface area contributed by atoms with Crippen molar-refractivity contribution in [1.82, 2.24) is 24.5 Å². The van der Waals surface area contributed by atoms with Crippen molar-refractivity contribution < 1.29 is 22.9 Å². The third kappa shape index (κ3) is 5.60. The highest BCUT2D eigenvalue weighted by Gasteiger charge is 2.25. The Balaban J connectivity index is 1.29. The number of nitrogens with one attached hydrogen (secondary N) is 3. The van der Waals surface area contributed by atoms with E-state index in [1.807, 2.05) is 0 Å². The summed E-state index contributed by atoms with van der Waals surface area (Å²) in [5.41, 5.74) is 2.19. The van der Waals surface area contributed by atoms with Crippen molar-refractivity contribution in [2.24, 2.45) is 0 Å². The number of nitro benzene ring substituents is 1. The molecule has 14 heteroatoms. The van der Waals surface area contributed by atoms with Crippen molar-refractivity contribution in [2.75, 3.05) is 51.6 Å². The summed E-state index contributed by atoms with van der Waals surface area (Å²) >= 11 is 0. The molecule has 49 heavy (non-hydrogen) atoms. The number of rotatable bonds is 9. The molecular weight excluding hydrogens is 633 g/mol. The largest absolute Gasteiger partial charge is 0.453 e. The molecule has 1 unspecified atom stereocenters. The van der Waals surface area contributed by atoms with E-state index < -0.39 is 22.1 Å². The van der Waals surface area contributed by atoms with E-state index in [0.29, 0.717) is 58.9 Å². The molecule has 2 fully saturated rings. The number of aromatic amines is 1. The van der Waals surface area contributed by atoms with Gasteiger partial charge in [-0.25, -0.2) is 4.39 Å². The molecule has 3 aromatic heterocycles. The second kappa shape index (κ2) is 12.3. The Morgan fingerprint density at radius 2 is 1.86 bits per heavy atom. The number of nitro groups is 1. The van der Waals surface area contributed by atoms with Gasteiger partial charge in [-0.15, -0.1) is 0 Å². The molecule has 0 aliphatic carbocycles. The number of H-pyrrole nitrogens is 1. The lowest BCUT2D eigenvalue weighted by molar-refractivity contribution is -0.384. The lowest BCUT2D eigenvalue weighted by atomic mass is 10.1. The Kier molecular flexibility index (Phi) is 7.83. The molecule has 3 N–H and O–H groups in total. The molecule has 3 aromatic carbocycles. The molecule has 0 bridgehead atoms. The quantitative estimate of drug-likeness (QED) is 0.0755. The van der Waals surface area contributed by atoms with E-state index in [1.54, 1.807) is 22.6 Å². The molecule has 5 heterocycles. The predicted molar refractivity (Wildman–Crippen MR) is 185 cm³/mol. The molecule has 1 amide bonds. The highest BCUT2D eigenvalue weighted by Crippen LogP contribution is 2.36. The van der Waals surface area contributed by atoms with Crippen LogP contribution in [-0.4, -0.2) is 82.4 Å². The van der Waals surface area contributed by atoms with Crippen molar-refractivity contribution >= 4 is 67.1 Å². The minimum absolute atomic E-state index is 0.00385. The first-order chi connectivity index (χ1) is 23.7. The number of likely N-dealkylation sites (tertiary alicyclic amines) is 2. The molecule has 0 saturated carbocycles. The van der Waals surface area contributed by atoms with E-state index >= 15 is 4.39 Å². The lowest BCUT2D eigenvalue weighted by Gasteiger charge is -2.20. The van der Waals surface area contributed by atoms with Gasteiger partial charge in [-0.2, -0.15) is 0 Å². The van der Waals surface area contributed by atoms with Crippen LogP contribution in [0.2, 0.25) is 0 Å². The van der Waals surface area contributed by atoms with Gasteiger partial charge in [-0.1, -0.05) is 0 Å². The standard InChI is InChI=1S/C35H36FN7O6/c1-40-11-4-5-20(40)8-9-37-31-24(36)16-22-32-34(31)49-30-17-26-29(48-28-15-21(43(46)47)6-7-25(28)39-26)18-27(30)42(32)19-23(33(22)44)35(45)38-10-14-41-12-2-3-13-41/h6-7,15-20,37,39H,2-5,8-14H2,1H3,(H,38,45). The Labute approximate surface area is 278 Å². The number of pyridine rings is 1. The Morgan fingerprint density at radius 3 is 2.63 bits per heavy atom. The fourth-order valence-electron chi connectivity index (χ4n) is 7.37. The number of hydrogen-bond donors (Lipinski definition) is 3. The average molecular weight is 670 g/mol. The fourth-order valence-corrected chi connectivity index (χ4v) is 7.37. The van der Waals surface area contributed by atoms with Crippen LogP contribution in [0.3, 0.4) is 0 Å². The minimum Gasteiger partial charge on any atom is -0.453 e. The maximum atomic E-state index is 16.0. The van der Waals surface area contributed by atoms with Crippen LogP contribution >= 0.6 is 0 Å². The predicted octanol–water partition coefficient (Wildman–Crippen LogP) is 5.76. The van der Waals surface area contributed by atoms with Crippen LogP contribution in [-0.2, 0) is 0 Å². The summed E-state index contributed by atoms with van der Waals surface area (Å²) in [5.74, 6) is -1.21. The third-order valence-electron chi connectivity index (χ3n) is 10.0. The second-order valence-corrected chi connectivity index (χ2v) is 13.1. The van der Waals surface area contributed by atoms with Gasteiger partial charge in [0.2, 0.25) is 5.43 Å². The zero-order valence-corrected chi connectivity index (χ0v) is 27.0. The van der Waals surface area contributed by atoms with Gasteiger partial charge in [0.15, 0.2) is 28.1 Å². The first-order valence-corrected chi connectivity index (χ1v) is 16.7. The molecular formula is C35H36FN7O6. The van der Waals surface area contributed by atoms with Crippen molar-refractivity contribution in [3.63, 3.8) is 0 Å². The third-order valence-corrected chi connectivity index (χ3v) is 10.0. The Hall–Kier alpha value is -5.21. The summed E-state index contributed by atoms with van der Waals surface area (Å²) in [6, 6.07) is 9.20. The molecule has 0 spiro atoms. The van der Waals surface area contributed by atoms with Crippen LogP contribution < -0.4 is 16.1 Å². The van der Waals surface area contributed by atoms with Gasteiger partial charge in [0, 0.05) is 50.1 Å². The Morgan fingerprint density at radius 1 is 1.04 bits per heavy atom. The molecule has 2 saturated heterocycles. The highest BCUT2D eigenvalue weighted by molar-refractivity contribution is 6.07. The summed E-state index contributed by atoms with van der Waals surface area (Å²) < 4.78 is 30.2. The van der Waals surface area contributed by atoms with Gasteiger partial charge in [0.05, 0.1) is 32.9 Å². The number of fused-ring (bicyclic) bond motifs is 4. The van der Waals surface area contributed by atoms with Crippen LogP contribution in [0.15, 0.2) is 56.2 Å². The number of halogens is 1. The SMILES string of the molecule is CN1CCCC1CCNc1c(F)cc2c(=O)c(C(=O)NCCN3CCCC3)cn3c4cc5oc6cc([N+](=O)[O-])ccc6[nH]c5cc4oc1c23. The second-order valence-electron chi connectivity index (χ2n) is 13.1. The van der Waals surface area contributed by atoms with Gasteiger partial charge in [0.1, 0.15) is 16.8 Å². The van der Waals surface area contributed by atoms with Crippen molar-refractivity contribution in [2.45, 2.75) is 38.1 Å². The van der Waals surface area contributed by atoms with Crippen LogP contribution in [0.1, 0.15) is 42.5 Å².